The number of hydrogen-bond donors (Lipinski definition) is 0. The van der Waals surface area contributed by atoms with Crippen molar-refractivity contribution in [1.82, 2.24) is 29.8 Å². The monoisotopic (exact) mass is 456 g/mol. The van der Waals surface area contributed by atoms with Crippen LogP contribution in [0.1, 0.15) is 18.0 Å². The second-order valence-electron chi connectivity index (χ2n) is 7.30. The summed E-state index contributed by atoms with van der Waals surface area (Å²) < 4.78 is 8.69. The predicted molar refractivity (Wildman–Crippen MR) is 127 cm³/mol. The van der Waals surface area contributed by atoms with Crippen molar-refractivity contribution in [2.24, 2.45) is 0 Å². The summed E-state index contributed by atoms with van der Waals surface area (Å²) in [5.41, 5.74) is 2.03. The molecule has 5 rings (SSSR count). The minimum Gasteiger partial charge on any atom is -0.497 e. The van der Waals surface area contributed by atoms with Crippen LogP contribution in [0, 0.1) is 0 Å². The second kappa shape index (κ2) is 8.87. The van der Waals surface area contributed by atoms with Gasteiger partial charge in [0.25, 0.3) is 5.56 Å². The maximum atomic E-state index is 13.5. The third-order valence-corrected chi connectivity index (χ3v) is 6.25. The molecule has 0 aliphatic heterocycles. The molecule has 0 radical (unpaired) electrons. The van der Waals surface area contributed by atoms with Gasteiger partial charge >= 0.3 is 0 Å². The number of para-hydroxylation sites is 2. The van der Waals surface area contributed by atoms with Crippen molar-refractivity contribution >= 4 is 22.7 Å². The highest BCUT2D eigenvalue weighted by molar-refractivity contribution is 7.99. The molecule has 9 heteroatoms. The summed E-state index contributed by atoms with van der Waals surface area (Å²) in [6.07, 6.45) is 0. The number of fused-ring (bicyclic) bond motifs is 1. The van der Waals surface area contributed by atoms with Crippen LogP contribution in [0.4, 0.5) is 0 Å². The first-order valence-corrected chi connectivity index (χ1v) is 11.2. The molecule has 0 aliphatic rings. The fraction of sp³-hybridized carbons (Fsp3) is 0.125. The topological polar surface area (TPSA) is 87.7 Å². The molecular formula is C24H20N6O2S. The van der Waals surface area contributed by atoms with Crippen molar-refractivity contribution in [3.05, 3.63) is 95.0 Å². The highest BCUT2D eigenvalue weighted by Crippen LogP contribution is 2.34. The minimum absolute atomic E-state index is 0.147. The Morgan fingerprint density at radius 2 is 1.70 bits per heavy atom. The largest absolute Gasteiger partial charge is 0.497 e. The molecule has 33 heavy (non-hydrogen) atoms. The van der Waals surface area contributed by atoms with Crippen molar-refractivity contribution in [1.29, 1.82) is 0 Å². The predicted octanol–water partition coefficient (Wildman–Crippen LogP) is 4.22. The number of nitrogens with zero attached hydrogens (tertiary/aromatic N) is 6. The fourth-order valence-electron chi connectivity index (χ4n) is 3.58. The van der Waals surface area contributed by atoms with Gasteiger partial charge in [-0.05, 0) is 53.7 Å². The van der Waals surface area contributed by atoms with Crippen LogP contribution in [-0.2, 0) is 0 Å². The van der Waals surface area contributed by atoms with Crippen LogP contribution in [0.3, 0.4) is 0 Å². The lowest BCUT2D eigenvalue weighted by Crippen LogP contribution is -2.22. The van der Waals surface area contributed by atoms with Gasteiger partial charge in [-0.1, -0.05) is 48.2 Å². The molecule has 0 N–H and O–H groups in total. The van der Waals surface area contributed by atoms with E-state index in [1.807, 2.05) is 79.7 Å². The quantitative estimate of drug-likeness (QED) is 0.279. The summed E-state index contributed by atoms with van der Waals surface area (Å²) in [6, 6.07) is 24.4. The number of benzene rings is 3. The number of methoxy groups -OCH3 is 1. The molecule has 2 aromatic heterocycles. The van der Waals surface area contributed by atoms with E-state index in [-0.39, 0.29) is 10.8 Å². The Balaban J connectivity index is 1.63. The van der Waals surface area contributed by atoms with Crippen molar-refractivity contribution in [3.63, 3.8) is 0 Å². The number of thioether (sulfide) groups is 1. The first-order valence-electron chi connectivity index (χ1n) is 10.3. The SMILES string of the molecule is COc1cccc(-n2c(S[C@H](C)c3nnnn3-c3ccccc3)nc3ccccc3c2=O)c1. The van der Waals surface area contributed by atoms with E-state index >= 15 is 0 Å². The number of tetrazole rings is 1. The van der Waals surface area contributed by atoms with Crippen LogP contribution in [0.25, 0.3) is 22.3 Å². The third-order valence-electron chi connectivity index (χ3n) is 5.20. The molecule has 3 aromatic carbocycles. The molecule has 1 atom stereocenters. The number of ether oxygens (including phenoxy) is 1. The zero-order chi connectivity index (χ0) is 22.8. The van der Waals surface area contributed by atoms with Crippen LogP contribution in [0.2, 0.25) is 0 Å². The van der Waals surface area contributed by atoms with Gasteiger partial charge < -0.3 is 4.74 Å². The summed E-state index contributed by atoms with van der Waals surface area (Å²) in [5, 5.41) is 13.2. The molecule has 0 saturated heterocycles. The van der Waals surface area contributed by atoms with Gasteiger partial charge in [-0.15, -0.1) is 5.10 Å². The third kappa shape index (κ3) is 3.98. The van der Waals surface area contributed by atoms with Gasteiger partial charge in [0.15, 0.2) is 11.0 Å². The molecule has 8 nitrogen and oxygen atoms in total. The van der Waals surface area contributed by atoms with Gasteiger partial charge in [0.1, 0.15) is 5.75 Å². The molecule has 0 bridgehead atoms. The maximum absolute atomic E-state index is 13.5. The molecule has 0 fully saturated rings. The normalized spacial score (nSPS) is 12.1. The highest BCUT2D eigenvalue weighted by atomic mass is 32.2. The van der Waals surface area contributed by atoms with E-state index < -0.39 is 0 Å². The van der Waals surface area contributed by atoms with E-state index in [1.165, 1.54) is 11.8 Å². The van der Waals surface area contributed by atoms with Gasteiger partial charge in [0, 0.05) is 6.07 Å². The van der Waals surface area contributed by atoms with Crippen LogP contribution >= 0.6 is 11.8 Å². The molecule has 0 spiro atoms. The van der Waals surface area contributed by atoms with Crippen LogP contribution in [0.15, 0.2) is 88.8 Å². The molecule has 0 amide bonds. The number of hydrogen-bond acceptors (Lipinski definition) is 7. The van der Waals surface area contributed by atoms with E-state index in [9.17, 15) is 4.79 Å². The Morgan fingerprint density at radius 1 is 0.939 bits per heavy atom. The van der Waals surface area contributed by atoms with Crippen molar-refractivity contribution in [2.45, 2.75) is 17.3 Å². The van der Waals surface area contributed by atoms with Gasteiger partial charge in [0.2, 0.25) is 0 Å². The fourth-order valence-corrected chi connectivity index (χ4v) is 4.59. The molecule has 5 aromatic rings. The summed E-state index contributed by atoms with van der Waals surface area (Å²) in [7, 11) is 1.60. The van der Waals surface area contributed by atoms with E-state index in [0.29, 0.717) is 33.3 Å². The van der Waals surface area contributed by atoms with Crippen molar-refractivity contribution in [3.8, 4) is 17.1 Å². The van der Waals surface area contributed by atoms with Crippen LogP contribution < -0.4 is 10.3 Å². The number of rotatable bonds is 6. The Bertz CT molecular complexity index is 1480. The maximum Gasteiger partial charge on any atom is 0.266 e. The first-order chi connectivity index (χ1) is 16.2. The first kappa shape index (κ1) is 20.9. The zero-order valence-corrected chi connectivity index (χ0v) is 18.8. The van der Waals surface area contributed by atoms with E-state index in [0.717, 1.165) is 5.69 Å². The summed E-state index contributed by atoms with van der Waals surface area (Å²) in [6.45, 7) is 1.99. The highest BCUT2D eigenvalue weighted by Gasteiger charge is 2.21. The Labute approximate surface area is 193 Å². The number of aromatic nitrogens is 6. The van der Waals surface area contributed by atoms with E-state index in [4.69, 9.17) is 9.72 Å². The van der Waals surface area contributed by atoms with Gasteiger partial charge in [-0.3, -0.25) is 9.36 Å². The van der Waals surface area contributed by atoms with Gasteiger partial charge in [-0.25, -0.2) is 4.98 Å². The van der Waals surface area contributed by atoms with Gasteiger partial charge in [0.05, 0.1) is 34.6 Å². The lowest BCUT2D eigenvalue weighted by molar-refractivity contribution is 0.414. The minimum atomic E-state index is -0.190. The van der Waals surface area contributed by atoms with E-state index in [2.05, 4.69) is 15.5 Å². The van der Waals surface area contributed by atoms with Crippen LogP contribution in [0.5, 0.6) is 5.75 Å². The average Bonchev–Trinajstić information content (AvgIpc) is 3.35. The van der Waals surface area contributed by atoms with Crippen LogP contribution in [-0.4, -0.2) is 36.9 Å². The summed E-state index contributed by atoms with van der Waals surface area (Å²) >= 11 is 1.42. The lowest BCUT2D eigenvalue weighted by Gasteiger charge is -2.16. The summed E-state index contributed by atoms with van der Waals surface area (Å²) in [4.78, 5) is 18.4. The Hall–Kier alpha value is -3.98. The Kier molecular flexibility index (Phi) is 5.62. The van der Waals surface area contributed by atoms with Crippen molar-refractivity contribution in [2.75, 3.05) is 7.11 Å². The second-order valence-corrected chi connectivity index (χ2v) is 8.61. The van der Waals surface area contributed by atoms with E-state index in [1.54, 1.807) is 22.4 Å². The Morgan fingerprint density at radius 3 is 2.52 bits per heavy atom. The van der Waals surface area contributed by atoms with Gasteiger partial charge in [-0.2, -0.15) is 4.68 Å². The zero-order valence-electron chi connectivity index (χ0n) is 18.0. The standard InChI is InChI=1S/C24H20N6O2S/c1-16(22-26-27-28-30(22)17-9-4-3-5-10-17)33-24-25-21-14-7-6-13-20(21)23(31)29(24)18-11-8-12-19(15-18)32-2/h3-16H,1-2H3/t16-/m1/s1. The van der Waals surface area contributed by atoms with Crippen molar-refractivity contribution < 1.29 is 4.74 Å². The molecule has 164 valence electrons. The molecule has 0 aliphatic carbocycles. The lowest BCUT2D eigenvalue weighted by atomic mass is 10.2. The molecule has 0 unspecified atom stereocenters. The average molecular weight is 457 g/mol. The molecular weight excluding hydrogens is 436 g/mol. The molecule has 0 saturated carbocycles. The smallest absolute Gasteiger partial charge is 0.266 e. The molecule has 2 heterocycles. The summed E-state index contributed by atoms with van der Waals surface area (Å²) in [5.74, 6) is 1.32.